The zero-order chi connectivity index (χ0) is 14.7. The smallest absolute Gasteiger partial charge is 0.226 e. The Balaban J connectivity index is 1.48. The van der Waals surface area contributed by atoms with E-state index in [0.717, 1.165) is 30.4 Å². The zero-order valence-electron chi connectivity index (χ0n) is 11.7. The summed E-state index contributed by atoms with van der Waals surface area (Å²) in [6.07, 6.45) is 2.83. The van der Waals surface area contributed by atoms with E-state index in [1.807, 2.05) is 0 Å². The van der Waals surface area contributed by atoms with Crippen molar-refractivity contribution in [2.75, 3.05) is 0 Å². The van der Waals surface area contributed by atoms with Gasteiger partial charge in [-0.05, 0) is 54.4 Å². The van der Waals surface area contributed by atoms with Crippen molar-refractivity contribution in [1.29, 1.82) is 0 Å². The highest BCUT2D eigenvalue weighted by Crippen LogP contribution is 2.49. The lowest BCUT2D eigenvalue weighted by Gasteiger charge is -2.37. The first-order valence-corrected chi connectivity index (χ1v) is 7.54. The second kappa shape index (κ2) is 4.50. The molecule has 4 unspecified atom stereocenters. The minimum Gasteiger partial charge on any atom is -0.334 e. The molecule has 1 heterocycles. The van der Waals surface area contributed by atoms with E-state index < -0.39 is 11.6 Å². The average molecular weight is 292 g/mol. The molecule has 0 saturated heterocycles. The first-order chi connectivity index (χ1) is 10.0. The number of hydrogen-bond donors (Lipinski definition) is 1. The average Bonchev–Trinajstić information content (AvgIpc) is 2.99. The maximum absolute atomic E-state index is 13.3. The molecule has 0 spiro atoms. The summed E-state index contributed by atoms with van der Waals surface area (Å²) in [6, 6.07) is 2.69. The molecule has 1 aromatic carbocycles. The Bertz CT molecular complexity index is 588. The van der Waals surface area contributed by atoms with E-state index >= 15 is 0 Å². The van der Waals surface area contributed by atoms with Crippen LogP contribution in [0.5, 0.6) is 0 Å². The lowest BCUT2D eigenvalue weighted by Crippen LogP contribution is -2.44. The lowest BCUT2D eigenvalue weighted by molar-refractivity contribution is -0.136. The molecule has 2 fully saturated rings. The fraction of sp³-hybridized carbons (Fsp3) is 0.562. The number of fused-ring (bicyclic) bond motifs is 2. The number of benzene rings is 1. The summed E-state index contributed by atoms with van der Waals surface area (Å²) < 4.78 is 26.5. The van der Waals surface area contributed by atoms with Gasteiger partial charge in [-0.2, -0.15) is 0 Å². The first-order valence-electron chi connectivity index (χ1n) is 7.54. The summed E-state index contributed by atoms with van der Waals surface area (Å²) in [5.74, 6) is -0.417. The van der Waals surface area contributed by atoms with Gasteiger partial charge in [-0.1, -0.05) is 0 Å². The van der Waals surface area contributed by atoms with Gasteiger partial charge in [0, 0.05) is 25.0 Å². The van der Waals surface area contributed by atoms with Gasteiger partial charge in [-0.3, -0.25) is 4.79 Å². The molecule has 2 aliphatic carbocycles. The summed E-state index contributed by atoms with van der Waals surface area (Å²) in [7, 11) is 0. The third-order valence-electron chi connectivity index (χ3n) is 5.50. The Morgan fingerprint density at radius 1 is 1.10 bits per heavy atom. The van der Waals surface area contributed by atoms with Crippen molar-refractivity contribution in [3.05, 3.63) is 34.9 Å². The molecule has 3 nitrogen and oxygen atoms in total. The number of carbonyl (C=O) groups excluding carboxylic acids is 1. The van der Waals surface area contributed by atoms with Crippen molar-refractivity contribution >= 4 is 5.91 Å². The summed E-state index contributed by atoms with van der Waals surface area (Å²) in [5.41, 5.74) is 7.42. The second-order valence-electron chi connectivity index (χ2n) is 6.72. The summed E-state index contributed by atoms with van der Waals surface area (Å²) in [6.45, 7) is 0.784. The van der Waals surface area contributed by atoms with Crippen molar-refractivity contribution in [2.24, 2.45) is 23.5 Å². The molecule has 0 bridgehead atoms. The third-order valence-corrected chi connectivity index (χ3v) is 5.50. The maximum Gasteiger partial charge on any atom is 0.226 e. The highest BCUT2D eigenvalue weighted by molar-refractivity contribution is 5.80. The number of rotatable bonds is 1. The summed E-state index contributed by atoms with van der Waals surface area (Å²) in [4.78, 5) is 14.3. The van der Waals surface area contributed by atoms with Gasteiger partial charge >= 0.3 is 0 Å². The van der Waals surface area contributed by atoms with E-state index in [1.165, 1.54) is 12.1 Å². The van der Waals surface area contributed by atoms with Gasteiger partial charge in [0.1, 0.15) is 0 Å². The van der Waals surface area contributed by atoms with Crippen molar-refractivity contribution in [2.45, 2.75) is 38.4 Å². The normalized spacial score (nSPS) is 33.6. The highest BCUT2D eigenvalue weighted by atomic mass is 19.2. The Morgan fingerprint density at radius 2 is 1.71 bits per heavy atom. The lowest BCUT2D eigenvalue weighted by atomic mass is 9.72. The van der Waals surface area contributed by atoms with Crippen LogP contribution in [0.3, 0.4) is 0 Å². The monoisotopic (exact) mass is 292 g/mol. The number of halogens is 2. The van der Waals surface area contributed by atoms with Gasteiger partial charge in [-0.25, -0.2) is 8.78 Å². The van der Waals surface area contributed by atoms with Crippen molar-refractivity contribution in [3.8, 4) is 0 Å². The SMILES string of the molecule is NC1CC2CC(C(=O)N3Cc4cc(F)c(F)cc4C3)CC12. The molecule has 4 atom stereocenters. The van der Waals surface area contributed by atoms with Crippen LogP contribution in [-0.2, 0) is 17.9 Å². The van der Waals surface area contributed by atoms with Crippen LogP contribution in [0, 0.1) is 29.4 Å². The molecule has 2 N–H and O–H groups in total. The van der Waals surface area contributed by atoms with Gasteiger partial charge in [0.05, 0.1) is 0 Å². The fourth-order valence-corrected chi connectivity index (χ4v) is 4.29. The Morgan fingerprint density at radius 3 is 2.24 bits per heavy atom. The van der Waals surface area contributed by atoms with E-state index in [4.69, 9.17) is 5.73 Å². The summed E-state index contributed by atoms with van der Waals surface area (Å²) in [5, 5.41) is 0. The van der Waals surface area contributed by atoms with E-state index in [2.05, 4.69) is 0 Å². The molecule has 21 heavy (non-hydrogen) atoms. The molecule has 112 valence electrons. The largest absolute Gasteiger partial charge is 0.334 e. The van der Waals surface area contributed by atoms with Gasteiger partial charge in [-0.15, -0.1) is 0 Å². The van der Waals surface area contributed by atoms with E-state index in [0.29, 0.717) is 24.9 Å². The van der Waals surface area contributed by atoms with Gasteiger partial charge < -0.3 is 10.6 Å². The van der Waals surface area contributed by atoms with Crippen LogP contribution in [0.4, 0.5) is 8.78 Å². The quantitative estimate of drug-likeness (QED) is 0.862. The highest BCUT2D eigenvalue weighted by Gasteiger charge is 2.48. The Labute approximate surface area is 122 Å². The molecule has 1 aliphatic heterocycles. The second-order valence-corrected chi connectivity index (χ2v) is 6.72. The number of nitrogens with zero attached hydrogens (tertiary/aromatic N) is 1. The third kappa shape index (κ3) is 1.98. The van der Waals surface area contributed by atoms with Gasteiger partial charge in [0.25, 0.3) is 0 Å². The minimum absolute atomic E-state index is 0.0394. The predicted octanol–water partition coefficient (Wildman–Crippen LogP) is 2.18. The fourth-order valence-electron chi connectivity index (χ4n) is 4.29. The standard InChI is InChI=1S/C16H18F2N2O/c17-13-3-10-6-20(7-11(10)4-14(13)18)16(21)9-1-8-5-15(19)12(8)2-9/h3-4,8-9,12,15H,1-2,5-7,19H2. The topological polar surface area (TPSA) is 46.3 Å². The number of nitrogens with two attached hydrogens (primary N) is 1. The van der Waals surface area contributed by atoms with Crippen molar-refractivity contribution in [3.63, 3.8) is 0 Å². The molecule has 3 aliphatic rings. The number of amides is 1. The number of hydrogen-bond acceptors (Lipinski definition) is 2. The molecule has 4 rings (SSSR count). The molecule has 0 aromatic heterocycles. The van der Waals surface area contributed by atoms with Crippen LogP contribution >= 0.6 is 0 Å². The molecule has 0 radical (unpaired) electrons. The van der Waals surface area contributed by atoms with E-state index in [-0.39, 0.29) is 17.9 Å². The van der Waals surface area contributed by atoms with Crippen molar-refractivity contribution in [1.82, 2.24) is 4.90 Å². The first kappa shape index (κ1) is 13.2. The van der Waals surface area contributed by atoms with Crippen LogP contribution in [0.2, 0.25) is 0 Å². The van der Waals surface area contributed by atoms with Crippen LogP contribution < -0.4 is 5.73 Å². The molecule has 1 amide bonds. The Hall–Kier alpha value is -1.49. The minimum atomic E-state index is -0.840. The van der Waals surface area contributed by atoms with E-state index in [1.54, 1.807) is 4.90 Å². The van der Waals surface area contributed by atoms with Crippen LogP contribution in [0.15, 0.2) is 12.1 Å². The molecular weight excluding hydrogens is 274 g/mol. The van der Waals surface area contributed by atoms with Crippen molar-refractivity contribution < 1.29 is 13.6 Å². The van der Waals surface area contributed by atoms with Crippen LogP contribution in [0.1, 0.15) is 30.4 Å². The zero-order valence-corrected chi connectivity index (χ0v) is 11.7. The molecular formula is C16H18F2N2O. The van der Waals surface area contributed by atoms with Gasteiger partial charge in [0.2, 0.25) is 5.91 Å². The summed E-state index contributed by atoms with van der Waals surface area (Å²) >= 11 is 0. The molecule has 1 aromatic rings. The number of carbonyl (C=O) groups is 1. The van der Waals surface area contributed by atoms with E-state index in [9.17, 15) is 13.6 Å². The molecule has 5 heteroatoms. The van der Waals surface area contributed by atoms with Crippen LogP contribution in [-0.4, -0.2) is 16.8 Å². The van der Waals surface area contributed by atoms with Crippen LogP contribution in [0.25, 0.3) is 0 Å². The maximum atomic E-state index is 13.3. The molecule has 2 saturated carbocycles. The Kier molecular flexibility index (Phi) is 2.83. The van der Waals surface area contributed by atoms with Gasteiger partial charge in [0.15, 0.2) is 11.6 Å². The predicted molar refractivity (Wildman–Crippen MR) is 72.9 cm³/mol.